The van der Waals surface area contributed by atoms with Crippen molar-refractivity contribution in [2.45, 2.75) is 6.92 Å². The van der Waals surface area contributed by atoms with Crippen LogP contribution in [-0.4, -0.2) is 18.7 Å². The number of carbonyl (C=O) groups excluding carboxylic acids is 1. The van der Waals surface area contributed by atoms with Gasteiger partial charge in [0.05, 0.1) is 6.21 Å². The topological polar surface area (TPSA) is 63.8 Å². The van der Waals surface area contributed by atoms with Crippen LogP contribution in [0.3, 0.4) is 0 Å². The zero-order chi connectivity index (χ0) is 15.1. The highest BCUT2D eigenvalue weighted by Crippen LogP contribution is 2.12. The molecule has 0 atom stereocenters. The first-order chi connectivity index (χ1) is 10.2. The predicted octanol–water partition coefficient (Wildman–Crippen LogP) is 2.92. The molecule has 1 heterocycles. The van der Waals surface area contributed by atoms with Crippen molar-refractivity contribution in [1.29, 1.82) is 0 Å². The van der Waals surface area contributed by atoms with Crippen LogP contribution in [-0.2, 0) is 0 Å². The molecule has 5 heteroatoms. The molecule has 1 aromatic heterocycles. The summed E-state index contributed by atoms with van der Waals surface area (Å²) in [4.78, 5) is 11.9. The Morgan fingerprint density at radius 2 is 2.10 bits per heavy atom. The standard InChI is InChI=1S/C16H16N2O3/c1-3-10-20-14-8-5-13(6-9-14)16(19)18-17-11-15-7-4-12(2)21-15/h3-9,11H,1,10H2,2H3,(H,18,19)/b17-11-. The Morgan fingerprint density at radius 1 is 1.33 bits per heavy atom. The second-order valence-corrected chi connectivity index (χ2v) is 4.27. The van der Waals surface area contributed by atoms with E-state index in [1.54, 1.807) is 36.4 Å². The van der Waals surface area contributed by atoms with E-state index in [2.05, 4.69) is 17.1 Å². The number of hydrogen-bond acceptors (Lipinski definition) is 4. The van der Waals surface area contributed by atoms with E-state index in [1.807, 2.05) is 13.0 Å². The van der Waals surface area contributed by atoms with Gasteiger partial charge in [0.15, 0.2) is 0 Å². The van der Waals surface area contributed by atoms with Crippen molar-refractivity contribution in [3.8, 4) is 5.75 Å². The minimum atomic E-state index is -0.301. The number of amides is 1. The monoisotopic (exact) mass is 284 g/mol. The van der Waals surface area contributed by atoms with Crippen molar-refractivity contribution in [2.24, 2.45) is 5.10 Å². The van der Waals surface area contributed by atoms with Crippen LogP contribution in [0.15, 0.2) is 58.6 Å². The third-order valence-electron chi connectivity index (χ3n) is 2.60. The van der Waals surface area contributed by atoms with Gasteiger partial charge in [0, 0.05) is 5.56 Å². The highest BCUT2D eigenvalue weighted by molar-refractivity contribution is 5.94. The highest BCUT2D eigenvalue weighted by Gasteiger charge is 2.04. The van der Waals surface area contributed by atoms with E-state index in [-0.39, 0.29) is 5.91 Å². The van der Waals surface area contributed by atoms with Crippen LogP contribution in [0, 0.1) is 6.92 Å². The molecule has 1 amide bonds. The number of hydrogen-bond donors (Lipinski definition) is 1. The SMILES string of the molecule is C=CCOc1ccc(C(=O)N/N=C\c2ccc(C)o2)cc1. The highest BCUT2D eigenvalue weighted by atomic mass is 16.5. The molecule has 2 rings (SSSR count). The van der Waals surface area contributed by atoms with Crippen LogP contribution in [0.25, 0.3) is 0 Å². The minimum absolute atomic E-state index is 0.301. The maximum Gasteiger partial charge on any atom is 0.271 e. The first-order valence-electron chi connectivity index (χ1n) is 6.42. The van der Waals surface area contributed by atoms with Crippen molar-refractivity contribution in [2.75, 3.05) is 6.61 Å². The summed E-state index contributed by atoms with van der Waals surface area (Å²) in [6.45, 7) is 5.84. The maximum atomic E-state index is 11.9. The largest absolute Gasteiger partial charge is 0.490 e. The van der Waals surface area contributed by atoms with Gasteiger partial charge in [-0.1, -0.05) is 12.7 Å². The predicted molar refractivity (Wildman–Crippen MR) is 80.6 cm³/mol. The van der Waals surface area contributed by atoms with E-state index in [9.17, 15) is 4.79 Å². The summed E-state index contributed by atoms with van der Waals surface area (Å²) in [5, 5.41) is 3.84. The number of carbonyl (C=O) groups is 1. The minimum Gasteiger partial charge on any atom is -0.490 e. The molecule has 0 unspecified atom stereocenters. The van der Waals surface area contributed by atoms with Gasteiger partial charge in [-0.05, 0) is 43.3 Å². The maximum absolute atomic E-state index is 11.9. The van der Waals surface area contributed by atoms with Crippen LogP contribution < -0.4 is 10.2 Å². The van der Waals surface area contributed by atoms with Gasteiger partial charge in [-0.15, -0.1) is 0 Å². The van der Waals surface area contributed by atoms with Crippen LogP contribution in [0.4, 0.5) is 0 Å². The van der Waals surface area contributed by atoms with Crippen LogP contribution >= 0.6 is 0 Å². The first kappa shape index (κ1) is 14.6. The average Bonchev–Trinajstić information content (AvgIpc) is 2.91. The normalized spacial score (nSPS) is 10.5. The number of benzene rings is 1. The number of aryl methyl sites for hydroxylation is 1. The van der Waals surface area contributed by atoms with E-state index >= 15 is 0 Å². The molecule has 1 N–H and O–H groups in total. The van der Waals surface area contributed by atoms with E-state index < -0.39 is 0 Å². The molecule has 0 saturated carbocycles. The van der Waals surface area contributed by atoms with Gasteiger partial charge in [0.1, 0.15) is 23.9 Å². The average molecular weight is 284 g/mol. The number of hydrazone groups is 1. The molecule has 0 spiro atoms. The van der Waals surface area contributed by atoms with Crippen molar-refractivity contribution in [3.63, 3.8) is 0 Å². The van der Waals surface area contributed by atoms with Gasteiger partial charge in [-0.3, -0.25) is 4.79 Å². The summed E-state index contributed by atoms with van der Waals surface area (Å²) in [7, 11) is 0. The molecule has 0 saturated heterocycles. The van der Waals surface area contributed by atoms with Crippen molar-refractivity contribution in [1.82, 2.24) is 5.43 Å². The quantitative estimate of drug-likeness (QED) is 0.504. The molecule has 0 radical (unpaired) electrons. The third kappa shape index (κ3) is 4.35. The lowest BCUT2D eigenvalue weighted by Crippen LogP contribution is -2.17. The van der Waals surface area contributed by atoms with Crippen LogP contribution in [0.2, 0.25) is 0 Å². The third-order valence-corrected chi connectivity index (χ3v) is 2.60. The van der Waals surface area contributed by atoms with Gasteiger partial charge >= 0.3 is 0 Å². The number of rotatable bonds is 6. The Kier molecular flexibility index (Phi) is 4.93. The van der Waals surface area contributed by atoms with Gasteiger partial charge in [-0.2, -0.15) is 5.10 Å². The molecule has 1 aromatic carbocycles. The summed E-state index contributed by atoms with van der Waals surface area (Å²) in [5.74, 6) is 1.75. The fourth-order valence-electron chi connectivity index (χ4n) is 1.60. The number of ether oxygens (including phenoxy) is 1. The molecule has 0 aliphatic carbocycles. The Balaban J connectivity index is 1.90. The van der Waals surface area contributed by atoms with E-state index in [0.29, 0.717) is 23.7 Å². The Morgan fingerprint density at radius 3 is 2.71 bits per heavy atom. The number of nitrogens with zero attached hydrogens (tertiary/aromatic N) is 1. The zero-order valence-electron chi connectivity index (χ0n) is 11.7. The molecule has 0 bridgehead atoms. The lowest BCUT2D eigenvalue weighted by molar-refractivity contribution is 0.0955. The zero-order valence-corrected chi connectivity index (χ0v) is 11.7. The Bertz CT molecular complexity index is 642. The van der Waals surface area contributed by atoms with Gasteiger partial charge in [-0.25, -0.2) is 5.43 Å². The molecule has 108 valence electrons. The molecular formula is C16H16N2O3. The lowest BCUT2D eigenvalue weighted by Gasteiger charge is -2.04. The summed E-state index contributed by atoms with van der Waals surface area (Å²) >= 11 is 0. The number of nitrogens with one attached hydrogen (secondary N) is 1. The second kappa shape index (κ2) is 7.09. The van der Waals surface area contributed by atoms with Gasteiger partial charge < -0.3 is 9.15 Å². The van der Waals surface area contributed by atoms with Gasteiger partial charge in [0.25, 0.3) is 5.91 Å². The fraction of sp³-hybridized carbons (Fsp3) is 0.125. The lowest BCUT2D eigenvalue weighted by atomic mass is 10.2. The van der Waals surface area contributed by atoms with Crippen molar-refractivity contribution < 1.29 is 13.9 Å². The summed E-state index contributed by atoms with van der Waals surface area (Å²) in [6, 6.07) is 10.4. The van der Waals surface area contributed by atoms with E-state index in [1.165, 1.54) is 6.21 Å². The molecule has 2 aromatic rings. The Hall–Kier alpha value is -2.82. The molecular weight excluding hydrogens is 268 g/mol. The van der Waals surface area contributed by atoms with Gasteiger partial charge in [0.2, 0.25) is 0 Å². The smallest absolute Gasteiger partial charge is 0.271 e. The second-order valence-electron chi connectivity index (χ2n) is 4.27. The van der Waals surface area contributed by atoms with Crippen LogP contribution in [0.1, 0.15) is 21.9 Å². The van der Waals surface area contributed by atoms with Crippen molar-refractivity contribution >= 4 is 12.1 Å². The van der Waals surface area contributed by atoms with Crippen molar-refractivity contribution in [3.05, 3.63) is 66.1 Å². The fourth-order valence-corrected chi connectivity index (χ4v) is 1.60. The van der Waals surface area contributed by atoms with E-state index in [4.69, 9.17) is 9.15 Å². The molecule has 0 fully saturated rings. The van der Waals surface area contributed by atoms with E-state index in [0.717, 1.165) is 5.76 Å². The molecule has 21 heavy (non-hydrogen) atoms. The Labute approximate surface area is 122 Å². The summed E-state index contributed by atoms with van der Waals surface area (Å²) in [5.41, 5.74) is 2.93. The van der Waals surface area contributed by atoms with Crippen LogP contribution in [0.5, 0.6) is 5.75 Å². The molecule has 0 aliphatic heterocycles. The number of furan rings is 1. The first-order valence-corrected chi connectivity index (χ1v) is 6.42. The summed E-state index contributed by atoms with van der Waals surface area (Å²) < 4.78 is 10.6. The summed E-state index contributed by atoms with van der Waals surface area (Å²) in [6.07, 6.45) is 3.11. The molecule has 5 nitrogen and oxygen atoms in total. The molecule has 0 aliphatic rings.